The largest absolute Gasteiger partial charge is 0.382 e. The van der Waals surface area contributed by atoms with Gasteiger partial charge in [-0.2, -0.15) is 0 Å². The van der Waals surface area contributed by atoms with Gasteiger partial charge in [0.2, 0.25) is 0 Å². The number of nitro benzene ring substituents is 1. The number of aryl methyl sites for hydroxylation is 1. The molecule has 0 heterocycles. The predicted octanol–water partition coefficient (Wildman–Crippen LogP) is 1.50. The van der Waals surface area contributed by atoms with E-state index in [-0.39, 0.29) is 18.0 Å². The number of rotatable bonds is 7. The van der Waals surface area contributed by atoms with Gasteiger partial charge in [-0.05, 0) is 18.6 Å². The molecule has 0 saturated heterocycles. The lowest BCUT2D eigenvalue weighted by Crippen LogP contribution is -2.20. The number of nitrogens with one attached hydrogen (secondary N) is 1. The number of nitrogens with zero attached hydrogens (tertiary/aromatic N) is 1. The standard InChI is InChI=1S/C12H16N2O5/c1-9-3-4-11(14(16)17)10(7-9)13-12(15)8-19-6-5-18-2/h3-4,7H,5-6,8H2,1-2H3,(H,13,15). The molecule has 0 unspecified atom stereocenters. The Balaban J connectivity index is 2.62. The first kappa shape index (κ1) is 15.1. The summed E-state index contributed by atoms with van der Waals surface area (Å²) in [6, 6.07) is 4.52. The van der Waals surface area contributed by atoms with Crippen LogP contribution in [-0.2, 0) is 14.3 Å². The van der Waals surface area contributed by atoms with Crippen LogP contribution in [0, 0.1) is 17.0 Å². The van der Waals surface area contributed by atoms with Gasteiger partial charge in [0, 0.05) is 13.2 Å². The molecule has 1 amide bonds. The Morgan fingerprint density at radius 3 is 2.79 bits per heavy atom. The van der Waals surface area contributed by atoms with E-state index in [0.29, 0.717) is 13.2 Å². The Kier molecular flexibility index (Phi) is 5.91. The number of methoxy groups -OCH3 is 1. The van der Waals surface area contributed by atoms with Crippen LogP contribution in [0.15, 0.2) is 18.2 Å². The molecule has 0 bridgehead atoms. The van der Waals surface area contributed by atoms with E-state index in [1.54, 1.807) is 19.1 Å². The average Bonchev–Trinajstić information content (AvgIpc) is 2.34. The molecule has 0 fully saturated rings. The Morgan fingerprint density at radius 2 is 2.16 bits per heavy atom. The topological polar surface area (TPSA) is 90.7 Å². The number of hydrogen-bond donors (Lipinski definition) is 1. The summed E-state index contributed by atoms with van der Waals surface area (Å²) in [4.78, 5) is 21.8. The lowest BCUT2D eigenvalue weighted by Gasteiger charge is -2.07. The minimum Gasteiger partial charge on any atom is -0.382 e. The van der Waals surface area contributed by atoms with Gasteiger partial charge in [0.25, 0.3) is 11.6 Å². The number of nitro groups is 1. The number of benzene rings is 1. The molecule has 7 heteroatoms. The first-order valence-corrected chi connectivity index (χ1v) is 5.66. The summed E-state index contributed by atoms with van der Waals surface area (Å²) in [5.41, 5.74) is 0.849. The summed E-state index contributed by atoms with van der Waals surface area (Å²) >= 11 is 0. The van der Waals surface area contributed by atoms with Gasteiger partial charge in [-0.1, -0.05) is 6.07 Å². The fourth-order valence-corrected chi connectivity index (χ4v) is 1.40. The molecular formula is C12H16N2O5. The highest BCUT2D eigenvalue weighted by atomic mass is 16.6. The maximum Gasteiger partial charge on any atom is 0.292 e. The monoisotopic (exact) mass is 268 g/mol. The van der Waals surface area contributed by atoms with Gasteiger partial charge < -0.3 is 14.8 Å². The van der Waals surface area contributed by atoms with Crippen LogP contribution in [0.3, 0.4) is 0 Å². The zero-order valence-corrected chi connectivity index (χ0v) is 10.8. The van der Waals surface area contributed by atoms with Crippen molar-refractivity contribution >= 4 is 17.3 Å². The van der Waals surface area contributed by atoms with Crippen molar-refractivity contribution in [2.24, 2.45) is 0 Å². The smallest absolute Gasteiger partial charge is 0.292 e. The van der Waals surface area contributed by atoms with E-state index in [1.807, 2.05) is 0 Å². The molecule has 19 heavy (non-hydrogen) atoms. The maximum atomic E-state index is 11.6. The Labute approximate surface area is 110 Å². The minimum absolute atomic E-state index is 0.143. The van der Waals surface area contributed by atoms with Crippen LogP contribution in [0.1, 0.15) is 5.56 Å². The summed E-state index contributed by atoms with van der Waals surface area (Å²) < 4.78 is 9.79. The van der Waals surface area contributed by atoms with Crippen molar-refractivity contribution in [1.29, 1.82) is 0 Å². The van der Waals surface area contributed by atoms with Gasteiger partial charge in [-0.25, -0.2) is 0 Å². The molecule has 0 spiro atoms. The van der Waals surface area contributed by atoms with E-state index >= 15 is 0 Å². The SMILES string of the molecule is COCCOCC(=O)Nc1cc(C)ccc1[N+](=O)[O-]. The fourth-order valence-electron chi connectivity index (χ4n) is 1.40. The van der Waals surface area contributed by atoms with E-state index in [1.165, 1.54) is 13.2 Å². The summed E-state index contributed by atoms with van der Waals surface area (Å²) in [7, 11) is 1.53. The molecule has 0 atom stereocenters. The highest BCUT2D eigenvalue weighted by Gasteiger charge is 2.15. The molecule has 0 aliphatic rings. The van der Waals surface area contributed by atoms with E-state index < -0.39 is 10.8 Å². The lowest BCUT2D eigenvalue weighted by molar-refractivity contribution is -0.383. The van der Waals surface area contributed by atoms with Crippen molar-refractivity contribution in [3.8, 4) is 0 Å². The minimum atomic E-state index is -0.541. The van der Waals surface area contributed by atoms with E-state index in [9.17, 15) is 14.9 Å². The average molecular weight is 268 g/mol. The number of ether oxygens (including phenoxy) is 2. The summed E-state index contributed by atoms with van der Waals surface area (Å²) in [5, 5.41) is 13.3. The highest BCUT2D eigenvalue weighted by Crippen LogP contribution is 2.24. The molecule has 1 aromatic rings. The molecule has 1 aromatic carbocycles. The Hall–Kier alpha value is -1.99. The molecule has 7 nitrogen and oxygen atoms in total. The van der Waals surface area contributed by atoms with Crippen molar-refractivity contribution in [3.63, 3.8) is 0 Å². The zero-order valence-electron chi connectivity index (χ0n) is 10.8. The molecule has 0 aliphatic heterocycles. The summed E-state index contributed by atoms with van der Waals surface area (Å²) in [5.74, 6) is -0.440. The third-order valence-corrected chi connectivity index (χ3v) is 2.29. The Morgan fingerprint density at radius 1 is 1.42 bits per heavy atom. The highest BCUT2D eigenvalue weighted by molar-refractivity contribution is 5.94. The summed E-state index contributed by atoms with van der Waals surface area (Å²) in [6.45, 7) is 2.29. The van der Waals surface area contributed by atoms with E-state index in [2.05, 4.69) is 5.32 Å². The first-order chi connectivity index (χ1) is 9.04. The normalized spacial score (nSPS) is 10.2. The van der Waals surface area contributed by atoms with Crippen LogP contribution in [0.25, 0.3) is 0 Å². The fraction of sp³-hybridized carbons (Fsp3) is 0.417. The van der Waals surface area contributed by atoms with Gasteiger partial charge in [-0.3, -0.25) is 14.9 Å². The second-order valence-electron chi connectivity index (χ2n) is 3.87. The third kappa shape index (κ3) is 5.02. The van der Waals surface area contributed by atoms with Crippen LogP contribution in [0.4, 0.5) is 11.4 Å². The van der Waals surface area contributed by atoms with Crippen LogP contribution < -0.4 is 5.32 Å². The molecule has 0 aromatic heterocycles. The van der Waals surface area contributed by atoms with E-state index in [4.69, 9.17) is 9.47 Å². The number of amides is 1. The van der Waals surface area contributed by atoms with Gasteiger partial charge in [-0.15, -0.1) is 0 Å². The molecule has 104 valence electrons. The third-order valence-electron chi connectivity index (χ3n) is 2.29. The van der Waals surface area contributed by atoms with Crippen molar-refractivity contribution in [2.75, 3.05) is 32.2 Å². The van der Waals surface area contributed by atoms with Gasteiger partial charge in [0.1, 0.15) is 12.3 Å². The quantitative estimate of drug-likeness (QED) is 0.460. The first-order valence-electron chi connectivity index (χ1n) is 5.66. The Bertz CT molecular complexity index is 461. The molecule has 0 saturated carbocycles. The van der Waals surface area contributed by atoms with Gasteiger partial charge >= 0.3 is 0 Å². The second kappa shape index (κ2) is 7.45. The predicted molar refractivity (Wildman–Crippen MR) is 69.2 cm³/mol. The second-order valence-corrected chi connectivity index (χ2v) is 3.87. The van der Waals surface area contributed by atoms with Crippen LogP contribution in [-0.4, -0.2) is 37.8 Å². The summed E-state index contributed by atoms with van der Waals surface area (Å²) in [6.07, 6.45) is 0. The lowest BCUT2D eigenvalue weighted by atomic mass is 10.2. The number of carbonyl (C=O) groups excluding carboxylic acids is 1. The van der Waals surface area contributed by atoms with E-state index in [0.717, 1.165) is 5.56 Å². The molecule has 1 rings (SSSR count). The van der Waals surface area contributed by atoms with Crippen molar-refractivity contribution < 1.29 is 19.2 Å². The number of anilines is 1. The molecule has 0 aliphatic carbocycles. The maximum absolute atomic E-state index is 11.6. The van der Waals surface area contributed by atoms with Crippen molar-refractivity contribution in [1.82, 2.24) is 0 Å². The zero-order chi connectivity index (χ0) is 14.3. The number of hydrogen-bond acceptors (Lipinski definition) is 5. The molecule has 1 N–H and O–H groups in total. The van der Waals surface area contributed by atoms with Crippen LogP contribution >= 0.6 is 0 Å². The van der Waals surface area contributed by atoms with Crippen LogP contribution in [0.2, 0.25) is 0 Å². The van der Waals surface area contributed by atoms with Crippen LogP contribution in [0.5, 0.6) is 0 Å². The van der Waals surface area contributed by atoms with Gasteiger partial charge in [0.15, 0.2) is 0 Å². The molecule has 0 radical (unpaired) electrons. The van der Waals surface area contributed by atoms with Gasteiger partial charge in [0.05, 0.1) is 18.1 Å². The number of carbonyl (C=O) groups is 1. The van der Waals surface area contributed by atoms with Crippen molar-refractivity contribution in [2.45, 2.75) is 6.92 Å². The van der Waals surface area contributed by atoms with Crippen molar-refractivity contribution in [3.05, 3.63) is 33.9 Å². The molecular weight excluding hydrogens is 252 g/mol.